The van der Waals surface area contributed by atoms with Gasteiger partial charge >= 0.3 is 0 Å². The van der Waals surface area contributed by atoms with Crippen molar-refractivity contribution in [3.8, 4) is 11.8 Å². The number of nitriles is 1. The highest BCUT2D eigenvalue weighted by Crippen LogP contribution is 2.27. The fourth-order valence-corrected chi connectivity index (χ4v) is 1.45. The molecule has 1 aromatic carbocycles. The van der Waals surface area contributed by atoms with Crippen molar-refractivity contribution < 1.29 is 9.53 Å². The Kier molecular flexibility index (Phi) is 3.70. The van der Waals surface area contributed by atoms with Gasteiger partial charge in [0.2, 0.25) is 0 Å². The Morgan fingerprint density at radius 3 is 2.73 bits per heavy atom. The first kappa shape index (κ1) is 11.5. The molecular formula is C11H10ClNO2. The van der Waals surface area contributed by atoms with Crippen LogP contribution in [0.3, 0.4) is 0 Å². The Bertz CT molecular complexity index is 435. The Morgan fingerprint density at radius 1 is 1.60 bits per heavy atom. The summed E-state index contributed by atoms with van der Waals surface area (Å²) in [6.07, 6.45) is 0. The maximum atomic E-state index is 11.3. The van der Waals surface area contributed by atoms with Crippen LogP contribution in [0.15, 0.2) is 12.1 Å². The molecule has 1 aromatic rings. The third kappa shape index (κ3) is 2.48. The summed E-state index contributed by atoms with van der Waals surface area (Å²) in [6, 6.07) is 4.97. The topological polar surface area (TPSA) is 50.1 Å². The molecule has 0 bridgehead atoms. The van der Waals surface area contributed by atoms with Gasteiger partial charge in [-0.1, -0.05) is 11.6 Å². The van der Waals surface area contributed by atoms with E-state index in [1.807, 2.05) is 6.07 Å². The lowest BCUT2D eigenvalue weighted by molar-refractivity contribution is 0.101. The minimum absolute atomic E-state index is 0.199. The van der Waals surface area contributed by atoms with Crippen LogP contribution in [0.5, 0.6) is 5.75 Å². The van der Waals surface area contributed by atoms with Crippen molar-refractivity contribution in [3.05, 3.63) is 28.3 Å². The summed E-state index contributed by atoms with van der Waals surface area (Å²) in [5, 5.41) is 9.33. The van der Waals surface area contributed by atoms with E-state index in [1.165, 1.54) is 19.1 Å². The molecule has 0 spiro atoms. The highest BCUT2D eigenvalue weighted by Gasteiger charge is 2.14. The molecular weight excluding hydrogens is 214 g/mol. The van der Waals surface area contributed by atoms with E-state index in [0.717, 1.165) is 0 Å². The number of Topliss-reactive ketones (excluding diaryl/α,β-unsaturated/α-hetero) is 1. The van der Waals surface area contributed by atoms with Gasteiger partial charge in [-0.3, -0.25) is 4.79 Å². The maximum absolute atomic E-state index is 11.3. The van der Waals surface area contributed by atoms with E-state index >= 15 is 0 Å². The van der Waals surface area contributed by atoms with Gasteiger partial charge in [-0.05, 0) is 19.9 Å². The molecule has 0 N–H and O–H groups in total. The minimum Gasteiger partial charge on any atom is -0.492 e. The van der Waals surface area contributed by atoms with E-state index in [-0.39, 0.29) is 11.3 Å². The molecule has 0 aromatic heterocycles. The molecule has 0 saturated heterocycles. The summed E-state index contributed by atoms with van der Waals surface area (Å²) in [6.45, 7) is 3.62. The van der Waals surface area contributed by atoms with Gasteiger partial charge in [0.1, 0.15) is 17.4 Å². The van der Waals surface area contributed by atoms with Gasteiger partial charge in [-0.15, -0.1) is 0 Å². The molecule has 0 aliphatic heterocycles. The van der Waals surface area contributed by atoms with Gasteiger partial charge in [-0.25, -0.2) is 0 Å². The SMILES string of the molecule is CCOc1cc(Cl)cc(C(C)=O)c1C#N. The lowest BCUT2D eigenvalue weighted by Gasteiger charge is -2.08. The van der Waals surface area contributed by atoms with Crippen molar-refractivity contribution in [3.63, 3.8) is 0 Å². The molecule has 0 aliphatic rings. The van der Waals surface area contributed by atoms with Gasteiger partial charge < -0.3 is 4.74 Å². The van der Waals surface area contributed by atoms with Crippen LogP contribution in [-0.4, -0.2) is 12.4 Å². The number of hydrogen-bond acceptors (Lipinski definition) is 3. The van der Waals surface area contributed by atoms with Crippen LogP contribution in [0.2, 0.25) is 5.02 Å². The number of rotatable bonds is 3. The Balaban J connectivity index is 3.40. The van der Waals surface area contributed by atoms with Crippen LogP contribution in [0.1, 0.15) is 29.8 Å². The van der Waals surface area contributed by atoms with Crippen molar-refractivity contribution >= 4 is 17.4 Å². The molecule has 0 atom stereocenters. The van der Waals surface area contributed by atoms with Gasteiger partial charge in [0.25, 0.3) is 0 Å². The standard InChI is InChI=1S/C11H10ClNO2/c1-3-15-11-5-8(12)4-9(7(2)14)10(11)6-13/h4-5H,3H2,1-2H3. The first-order chi connectivity index (χ1) is 7.10. The molecule has 78 valence electrons. The molecule has 3 nitrogen and oxygen atoms in total. The Morgan fingerprint density at radius 2 is 2.27 bits per heavy atom. The molecule has 1 rings (SSSR count). The summed E-state index contributed by atoms with van der Waals surface area (Å²) < 4.78 is 5.24. The molecule has 0 unspecified atom stereocenters. The zero-order valence-electron chi connectivity index (χ0n) is 8.50. The van der Waals surface area contributed by atoms with E-state index in [9.17, 15) is 4.79 Å². The van der Waals surface area contributed by atoms with Crippen LogP contribution in [-0.2, 0) is 0 Å². The van der Waals surface area contributed by atoms with Crippen molar-refractivity contribution in [2.24, 2.45) is 0 Å². The quantitative estimate of drug-likeness (QED) is 0.741. The van der Waals surface area contributed by atoms with Gasteiger partial charge in [-0.2, -0.15) is 5.26 Å². The predicted octanol–water partition coefficient (Wildman–Crippen LogP) is 2.81. The fraction of sp³-hybridized carbons (Fsp3) is 0.273. The second-order valence-corrected chi connectivity index (χ2v) is 3.36. The normalized spacial score (nSPS) is 9.47. The maximum Gasteiger partial charge on any atom is 0.161 e. The van der Waals surface area contributed by atoms with Crippen molar-refractivity contribution in [1.82, 2.24) is 0 Å². The summed E-state index contributed by atoms with van der Waals surface area (Å²) in [7, 11) is 0. The van der Waals surface area contributed by atoms with Crippen LogP contribution in [0.25, 0.3) is 0 Å². The van der Waals surface area contributed by atoms with Crippen molar-refractivity contribution in [1.29, 1.82) is 5.26 Å². The number of ketones is 1. The van der Waals surface area contributed by atoms with E-state index in [2.05, 4.69) is 0 Å². The molecule has 0 amide bonds. The monoisotopic (exact) mass is 223 g/mol. The zero-order chi connectivity index (χ0) is 11.4. The van der Waals surface area contributed by atoms with Gasteiger partial charge in [0.15, 0.2) is 5.78 Å². The highest BCUT2D eigenvalue weighted by molar-refractivity contribution is 6.31. The third-order valence-electron chi connectivity index (χ3n) is 1.86. The van der Waals surface area contributed by atoms with Crippen molar-refractivity contribution in [2.75, 3.05) is 6.61 Å². The number of benzene rings is 1. The summed E-state index contributed by atoms with van der Waals surface area (Å²) in [4.78, 5) is 11.3. The first-order valence-electron chi connectivity index (χ1n) is 4.47. The number of hydrogen-bond donors (Lipinski definition) is 0. The molecule has 4 heteroatoms. The average Bonchev–Trinajstić information content (AvgIpc) is 2.17. The van der Waals surface area contributed by atoms with E-state index in [4.69, 9.17) is 21.6 Å². The average molecular weight is 224 g/mol. The van der Waals surface area contributed by atoms with Crippen LogP contribution in [0, 0.1) is 11.3 Å². The fourth-order valence-electron chi connectivity index (χ4n) is 1.24. The minimum atomic E-state index is -0.199. The highest BCUT2D eigenvalue weighted by atomic mass is 35.5. The predicted molar refractivity (Wildman–Crippen MR) is 57.3 cm³/mol. The second kappa shape index (κ2) is 4.81. The molecule has 0 fully saturated rings. The van der Waals surface area contributed by atoms with E-state index < -0.39 is 0 Å². The van der Waals surface area contributed by atoms with Crippen LogP contribution < -0.4 is 4.74 Å². The van der Waals surface area contributed by atoms with E-state index in [0.29, 0.717) is 22.9 Å². The smallest absolute Gasteiger partial charge is 0.161 e. The molecule has 0 heterocycles. The molecule has 0 saturated carbocycles. The lowest BCUT2D eigenvalue weighted by atomic mass is 10.0. The Labute approximate surface area is 93.2 Å². The van der Waals surface area contributed by atoms with Gasteiger partial charge in [0, 0.05) is 16.7 Å². The largest absolute Gasteiger partial charge is 0.492 e. The number of carbonyl (C=O) groups excluding carboxylic acids is 1. The number of carbonyl (C=O) groups is 1. The van der Waals surface area contributed by atoms with Gasteiger partial charge in [0.05, 0.1) is 6.61 Å². The molecule has 15 heavy (non-hydrogen) atoms. The second-order valence-electron chi connectivity index (χ2n) is 2.93. The number of nitrogens with zero attached hydrogens (tertiary/aromatic N) is 1. The first-order valence-corrected chi connectivity index (χ1v) is 4.85. The molecule has 0 aliphatic carbocycles. The number of ether oxygens (including phenoxy) is 1. The lowest BCUT2D eigenvalue weighted by Crippen LogP contribution is -2.01. The van der Waals surface area contributed by atoms with Crippen molar-refractivity contribution in [2.45, 2.75) is 13.8 Å². The molecule has 0 radical (unpaired) electrons. The summed E-state index contributed by atoms with van der Waals surface area (Å²) >= 11 is 5.82. The zero-order valence-corrected chi connectivity index (χ0v) is 9.26. The van der Waals surface area contributed by atoms with Crippen LogP contribution in [0.4, 0.5) is 0 Å². The van der Waals surface area contributed by atoms with Crippen LogP contribution >= 0.6 is 11.6 Å². The third-order valence-corrected chi connectivity index (χ3v) is 2.08. The summed E-state index contributed by atoms with van der Waals surface area (Å²) in [5.74, 6) is 0.160. The Hall–Kier alpha value is -1.53. The summed E-state index contributed by atoms with van der Waals surface area (Å²) in [5.41, 5.74) is 0.544. The number of halogens is 1. The van der Waals surface area contributed by atoms with E-state index in [1.54, 1.807) is 6.92 Å².